The SMILES string of the molecule is CC(C)(C)SCC(=O)N1CCN(c2ccc(C(F)(F)F)cn2)CC1. The first-order valence-corrected chi connectivity index (χ1v) is 8.75. The Hall–Kier alpha value is -1.44. The Morgan fingerprint density at radius 1 is 1.17 bits per heavy atom. The van der Waals surface area contributed by atoms with Gasteiger partial charge in [-0.1, -0.05) is 20.8 Å². The first kappa shape index (κ1) is 18.9. The zero-order chi connectivity index (χ0) is 18.0. The molecule has 2 rings (SSSR count). The molecular formula is C16H22F3N3OS. The van der Waals surface area contributed by atoms with Gasteiger partial charge in [0.05, 0.1) is 11.3 Å². The highest BCUT2D eigenvalue weighted by atomic mass is 32.2. The Morgan fingerprint density at radius 2 is 1.79 bits per heavy atom. The molecule has 0 bridgehead atoms. The Balaban J connectivity index is 1.87. The summed E-state index contributed by atoms with van der Waals surface area (Å²) >= 11 is 1.61. The van der Waals surface area contributed by atoms with Crippen molar-refractivity contribution in [3.8, 4) is 0 Å². The van der Waals surface area contributed by atoms with Gasteiger partial charge in [-0.2, -0.15) is 13.2 Å². The summed E-state index contributed by atoms with van der Waals surface area (Å²) in [4.78, 5) is 19.8. The van der Waals surface area contributed by atoms with Gasteiger partial charge in [0.25, 0.3) is 0 Å². The topological polar surface area (TPSA) is 36.4 Å². The van der Waals surface area contributed by atoms with E-state index in [9.17, 15) is 18.0 Å². The number of halogens is 3. The third-order valence-electron chi connectivity index (χ3n) is 3.66. The number of alkyl halides is 3. The molecule has 1 aliphatic rings. The zero-order valence-corrected chi connectivity index (χ0v) is 14.9. The van der Waals surface area contributed by atoms with E-state index in [1.807, 2.05) is 4.90 Å². The standard InChI is InChI=1S/C16H22F3N3OS/c1-15(2,3)24-11-14(23)22-8-6-21(7-9-22)13-5-4-12(10-20-13)16(17,18)19/h4-5,10H,6-9,11H2,1-3H3. The Bertz CT molecular complexity index is 561. The van der Waals surface area contributed by atoms with Crippen molar-refractivity contribution in [2.45, 2.75) is 31.7 Å². The molecule has 0 aliphatic carbocycles. The minimum Gasteiger partial charge on any atom is -0.353 e. The van der Waals surface area contributed by atoms with Crippen LogP contribution in [0.1, 0.15) is 26.3 Å². The van der Waals surface area contributed by atoms with Crippen LogP contribution in [-0.4, -0.2) is 52.5 Å². The van der Waals surface area contributed by atoms with E-state index < -0.39 is 11.7 Å². The van der Waals surface area contributed by atoms with Gasteiger partial charge in [-0.25, -0.2) is 4.98 Å². The molecule has 0 spiro atoms. The van der Waals surface area contributed by atoms with Crippen molar-refractivity contribution >= 4 is 23.5 Å². The number of hydrogen-bond donors (Lipinski definition) is 0. The number of piperazine rings is 1. The number of pyridine rings is 1. The lowest BCUT2D eigenvalue weighted by Crippen LogP contribution is -2.49. The molecule has 8 heteroatoms. The molecule has 0 unspecified atom stereocenters. The highest BCUT2D eigenvalue weighted by Crippen LogP contribution is 2.29. The van der Waals surface area contributed by atoms with Gasteiger partial charge >= 0.3 is 6.18 Å². The van der Waals surface area contributed by atoms with Crippen molar-refractivity contribution in [3.63, 3.8) is 0 Å². The molecule has 1 amide bonds. The van der Waals surface area contributed by atoms with E-state index in [-0.39, 0.29) is 10.7 Å². The van der Waals surface area contributed by atoms with E-state index in [2.05, 4.69) is 25.8 Å². The number of anilines is 1. The van der Waals surface area contributed by atoms with Crippen LogP contribution in [0, 0.1) is 0 Å². The maximum Gasteiger partial charge on any atom is 0.417 e. The van der Waals surface area contributed by atoms with Gasteiger partial charge < -0.3 is 9.80 Å². The van der Waals surface area contributed by atoms with Gasteiger partial charge in [-0.05, 0) is 12.1 Å². The molecule has 1 aliphatic heterocycles. The average Bonchev–Trinajstić information content (AvgIpc) is 2.51. The van der Waals surface area contributed by atoms with E-state index in [4.69, 9.17) is 0 Å². The van der Waals surface area contributed by atoms with Crippen molar-refractivity contribution in [2.75, 3.05) is 36.8 Å². The molecule has 2 heterocycles. The van der Waals surface area contributed by atoms with Crippen LogP contribution in [0.5, 0.6) is 0 Å². The third kappa shape index (κ3) is 5.29. The number of thioether (sulfide) groups is 1. The molecule has 24 heavy (non-hydrogen) atoms. The van der Waals surface area contributed by atoms with E-state index in [0.717, 1.165) is 12.3 Å². The number of carbonyl (C=O) groups excluding carboxylic acids is 1. The number of rotatable bonds is 3. The van der Waals surface area contributed by atoms with Gasteiger partial charge in [-0.15, -0.1) is 11.8 Å². The van der Waals surface area contributed by atoms with Crippen molar-refractivity contribution < 1.29 is 18.0 Å². The lowest BCUT2D eigenvalue weighted by Gasteiger charge is -2.35. The third-order valence-corrected chi connectivity index (χ3v) is 4.92. The summed E-state index contributed by atoms with van der Waals surface area (Å²) in [6, 6.07) is 2.43. The van der Waals surface area contributed by atoms with Gasteiger partial charge in [0.1, 0.15) is 5.82 Å². The molecule has 0 N–H and O–H groups in total. The second kappa shape index (κ2) is 7.21. The Kier molecular flexibility index (Phi) is 5.67. The number of nitrogens with zero attached hydrogens (tertiary/aromatic N) is 3. The second-order valence-corrected chi connectivity index (χ2v) is 8.47. The van der Waals surface area contributed by atoms with E-state index in [0.29, 0.717) is 37.7 Å². The van der Waals surface area contributed by atoms with Crippen molar-refractivity contribution in [1.82, 2.24) is 9.88 Å². The van der Waals surface area contributed by atoms with Crippen LogP contribution in [0.15, 0.2) is 18.3 Å². The van der Waals surface area contributed by atoms with Crippen LogP contribution in [-0.2, 0) is 11.0 Å². The Morgan fingerprint density at radius 3 is 2.25 bits per heavy atom. The van der Waals surface area contributed by atoms with E-state index >= 15 is 0 Å². The summed E-state index contributed by atoms with van der Waals surface area (Å²) < 4.78 is 37.7. The summed E-state index contributed by atoms with van der Waals surface area (Å²) in [6.45, 7) is 8.48. The molecule has 134 valence electrons. The van der Waals surface area contributed by atoms with Crippen molar-refractivity contribution in [1.29, 1.82) is 0 Å². The number of hydrogen-bond acceptors (Lipinski definition) is 4. The molecule has 1 aromatic heterocycles. The summed E-state index contributed by atoms with van der Waals surface area (Å²) in [5, 5.41) is 0. The largest absolute Gasteiger partial charge is 0.417 e. The summed E-state index contributed by atoms with van der Waals surface area (Å²) in [7, 11) is 0. The fourth-order valence-electron chi connectivity index (χ4n) is 2.30. The molecule has 4 nitrogen and oxygen atoms in total. The van der Waals surface area contributed by atoms with Crippen LogP contribution in [0.4, 0.5) is 19.0 Å². The lowest BCUT2D eigenvalue weighted by molar-refractivity contribution is -0.137. The monoisotopic (exact) mass is 361 g/mol. The molecule has 0 saturated carbocycles. The summed E-state index contributed by atoms with van der Waals surface area (Å²) in [5.74, 6) is 1.07. The maximum absolute atomic E-state index is 12.6. The first-order chi connectivity index (χ1) is 11.1. The number of aromatic nitrogens is 1. The first-order valence-electron chi connectivity index (χ1n) is 7.76. The van der Waals surface area contributed by atoms with Gasteiger partial charge in [0.15, 0.2) is 0 Å². The predicted octanol–water partition coefficient (Wildman–Crippen LogP) is 3.28. The molecule has 1 saturated heterocycles. The van der Waals surface area contributed by atoms with Crippen LogP contribution in [0.25, 0.3) is 0 Å². The quantitative estimate of drug-likeness (QED) is 0.828. The number of amides is 1. The molecule has 0 atom stereocenters. The molecule has 0 radical (unpaired) electrons. The normalized spacial score (nSPS) is 16.4. The fraction of sp³-hybridized carbons (Fsp3) is 0.625. The van der Waals surface area contributed by atoms with Crippen LogP contribution < -0.4 is 4.90 Å². The average molecular weight is 361 g/mol. The van der Waals surface area contributed by atoms with Gasteiger partial charge in [0, 0.05) is 37.1 Å². The predicted molar refractivity (Wildman–Crippen MR) is 90.2 cm³/mol. The highest BCUT2D eigenvalue weighted by Gasteiger charge is 2.31. The lowest BCUT2D eigenvalue weighted by atomic mass is 10.2. The summed E-state index contributed by atoms with van der Waals surface area (Å²) in [5.41, 5.74) is -0.751. The fourth-order valence-corrected chi connectivity index (χ4v) is 3.03. The minimum atomic E-state index is -4.37. The second-order valence-electron chi connectivity index (χ2n) is 6.67. The van der Waals surface area contributed by atoms with Gasteiger partial charge in [0.2, 0.25) is 5.91 Å². The van der Waals surface area contributed by atoms with Crippen LogP contribution in [0.2, 0.25) is 0 Å². The molecule has 1 aromatic rings. The van der Waals surface area contributed by atoms with Crippen LogP contribution in [0.3, 0.4) is 0 Å². The Labute approximate surface area is 144 Å². The highest BCUT2D eigenvalue weighted by molar-refractivity contribution is 8.01. The zero-order valence-electron chi connectivity index (χ0n) is 14.1. The van der Waals surface area contributed by atoms with Crippen LogP contribution >= 0.6 is 11.8 Å². The van der Waals surface area contributed by atoms with Crippen molar-refractivity contribution in [3.05, 3.63) is 23.9 Å². The molecule has 0 aromatic carbocycles. The summed E-state index contributed by atoms with van der Waals surface area (Å²) in [6.07, 6.45) is -3.52. The minimum absolute atomic E-state index is 0.0433. The number of carbonyl (C=O) groups is 1. The van der Waals surface area contributed by atoms with E-state index in [1.54, 1.807) is 16.7 Å². The van der Waals surface area contributed by atoms with E-state index in [1.165, 1.54) is 6.07 Å². The maximum atomic E-state index is 12.6. The van der Waals surface area contributed by atoms with Crippen molar-refractivity contribution in [2.24, 2.45) is 0 Å². The smallest absolute Gasteiger partial charge is 0.353 e. The molecule has 1 fully saturated rings. The molecular weight excluding hydrogens is 339 g/mol. The van der Waals surface area contributed by atoms with Gasteiger partial charge in [-0.3, -0.25) is 4.79 Å².